The molecule has 1 saturated carbocycles. The van der Waals surface area contributed by atoms with Gasteiger partial charge in [0.15, 0.2) is 9.84 Å². The average Bonchev–Trinajstić information content (AvgIpc) is 3.68. The largest absolute Gasteiger partial charge is 0.491 e. The Bertz CT molecular complexity index is 1360. The molecule has 0 amide bonds. The first kappa shape index (κ1) is 28.4. The Hall–Kier alpha value is -2.13. The highest BCUT2D eigenvalue weighted by atomic mass is 32.2. The van der Waals surface area contributed by atoms with Gasteiger partial charge in [0, 0.05) is 38.1 Å². The van der Waals surface area contributed by atoms with Crippen molar-refractivity contribution in [3.8, 4) is 5.75 Å². The van der Waals surface area contributed by atoms with E-state index in [9.17, 15) is 27.0 Å². The number of ether oxygens (including phenoxy) is 2. The monoisotopic (exact) mass is 581 g/mol. The summed E-state index contributed by atoms with van der Waals surface area (Å²) in [7, 11) is -7.24. The van der Waals surface area contributed by atoms with E-state index in [2.05, 4.69) is 10.3 Å². The Morgan fingerprint density at radius 2 is 1.85 bits per heavy atom. The third kappa shape index (κ3) is 5.85. The molecule has 1 aromatic heterocycles. The van der Waals surface area contributed by atoms with Gasteiger partial charge >= 0.3 is 0 Å². The van der Waals surface area contributed by atoms with Crippen LogP contribution in [0.5, 0.6) is 5.75 Å². The molecule has 1 aliphatic carbocycles. The first-order valence-corrected chi connectivity index (χ1v) is 16.1. The van der Waals surface area contributed by atoms with Crippen molar-refractivity contribution in [1.29, 1.82) is 0 Å². The van der Waals surface area contributed by atoms with Crippen LogP contribution in [0.1, 0.15) is 32.1 Å². The molecule has 2 aromatic rings. The summed E-state index contributed by atoms with van der Waals surface area (Å²) in [6.07, 6.45) is 4.85. The summed E-state index contributed by atoms with van der Waals surface area (Å²) >= 11 is 0. The number of sulfonamides is 1. The fraction of sp³-hybridized carbons (Fsp3) is 0.577. The number of rotatable bonds is 11. The molecule has 11 nitrogen and oxygen atoms in total. The molecule has 2 aliphatic heterocycles. The minimum Gasteiger partial charge on any atom is -0.491 e. The minimum atomic E-state index is -3.66. The van der Waals surface area contributed by atoms with Gasteiger partial charge in [-0.15, -0.1) is 0 Å². The van der Waals surface area contributed by atoms with E-state index in [0.717, 1.165) is 0 Å². The van der Waals surface area contributed by atoms with E-state index in [4.69, 9.17) is 9.47 Å². The lowest BCUT2D eigenvalue weighted by Crippen LogP contribution is -2.47. The Labute approximate surface area is 229 Å². The van der Waals surface area contributed by atoms with Crippen molar-refractivity contribution in [3.63, 3.8) is 0 Å². The fourth-order valence-corrected chi connectivity index (χ4v) is 8.54. The standard InChI is InChI=1S/C26H35N3O8S2/c30-19-26(6-7-26)38(32,33)23-4-1-3-22(13-23)36-18-21(31)15-28-20-14-25(37-17-20)8-11-29(12-9-25)39(34,35)24-5-2-10-27-16-24/h1-5,10,13,16,20-21,28,30-31H,6-9,11-12,14-15,17-19H2/t20-,21-/m0/s1. The Morgan fingerprint density at radius 3 is 2.51 bits per heavy atom. The summed E-state index contributed by atoms with van der Waals surface area (Å²) in [5.41, 5.74) is -0.389. The number of hydrogen-bond acceptors (Lipinski definition) is 10. The zero-order valence-electron chi connectivity index (χ0n) is 21.6. The number of aliphatic hydroxyl groups excluding tert-OH is 2. The van der Waals surface area contributed by atoms with Crippen LogP contribution in [0.4, 0.5) is 0 Å². The smallest absolute Gasteiger partial charge is 0.244 e. The van der Waals surface area contributed by atoms with Gasteiger partial charge < -0.3 is 25.0 Å². The van der Waals surface area contributed by atoms with Gasteiger partial charge in [0.05, 0.1) is 28.5 Å². The number of aliphatic hydroxyl groups is 2. The molecule has 0 radical (unpaired) electrons. The Morgan fingerprint density at radius 1 is 1.10 bits per heavy atom. The molecular weight excluding hydrogens is 546 g/mol. The van der Waals surface area contributed by atoms with Crippen molar-refractivity contribution in [2.75, 3.05) is 39.5 Å². The van der Waals surface area contributed by atoms with Crippen molar-refractivity contribution in [2.24, 2.45) is 0 Å². The molecule has 1 aromatic carbocycles. The second kappa shape index (κ2) is 11.0. The van der Waals surface area contributed by atoms with E-state index in [1.807, 2.05) is 0 Å². The van der Waals surface area contributed by atoms with E-state index in [-0.39, 0.29) is 34.6 Å². The normalized spacial score (nSPS) is 23.5. The molecule has 3 aliphatic rings. The number of nitrogens with one attached hydrogen (secondary N) is 1. The maximum atomic E-state index is 12.9. The second-order valence-electron chi connectivity index (χ2n) is 10.7. The van der Waals surface area contributed by atoms with Crippen LogP contribution in [0, 0.1) is 0 Å². The summed E-state index contributed by atoms with van der Waals surface area (Å²) < 4.78 is 63.6. The second-order valence-corrected chi connectivity index (χ2v) is 15.0. The number of pyridine rings is 1. The maximum Gasteiger partial charge on any atom is 0.244 e. The quantitative estimate of drug-likeness (QED) is 0.346. The predicted octanol–water partition coefficient (Wildman–Crippen LogP) is 0.722. The van der Waals surface area contributed by atoms with Crippen LogP contribution in [0.15, 0.2) is 58.6 Å². The summed E-state index contributed by atoms with van der Waals surface area (Å²) in [6.45, 7) is 1.04. The molecule has 3 fully saturated rings. The number of hydrogen-bond donors (Lipinski definition) is 3. The van der Waals surface area contributed by atoms with Crippen molar-refractivity contribution in [3.05, 3.63) is 48.8 Å². The molecule has 3 heterocycles. The summed E-state index contributed by atoms with van der Waals surface area (Å²) in [6, 6.07) is 9.31. The van der Waals surface area contributed by atoms with Gasteiger partial charge in [0.2, 0.25) is 10.0 Å². The first-order chi connectivity index (χ1) is 18.6. The molecule has 0 bridgehead atoms. The summed E-state index contributed by atoms with van der Waals surface area (Å²) in [5, 5.41) is 23.3. The predicted molar refractivity (Wildman–Crippen MR) is 142 cm³/mol. The molecule has 13 heteroatoms. The van der Waals surface area contributed by atoms with Gasteiger partial charge in [-0.1, -0.05) is 6.07 Å². The molecule has 39 heavy (non-hydrogen) atoms. The van der Waals surface area contributed by atoms with E-state index in [0.29, 0.717) is 57.6 Å². The van der Waals surface area contributed by atoms with Crippen molar-refractivity contribution in [2.45, 2.75) is 64.4 Å². The van der Waals surface area contributed by atoms with Crippen LogP contribution >= 0.6 is 0 Å². The molecule has 214 valence electrons. The van der Waals surface area contributed by atoms with Crippen LogP contribution in [-0.4, -0.2) is 98.3 Å². The fourth-order valence-electron chi connectivity index (χ4n) is 5.29. The molecule has 0 unspecified atom stereocenters. The Balaban J connectivity index is 1.07. The van der Waals surface area contributed by atoms with Gasteiger partial charge in [-0.05, 0) is 62.4 Å². The van der Waals surface area contributed by atoms with E-state index >= 15 is 0 Å². The average molecular weight is 582 g/mol. The van der Waals surface area contributed by atoms with Crippen LogP contribution < -0.4 is 10.1 Å². The van der Waals surface area contributed by atoms with Gasteiger partial charge in [0.1, 0.15) is 23.4 Å². The number of aromatic nitrogens is 1. The lowest BCUT2D eigenvalue weighted by molar-refractivity contribution is -0.0312. The SMILES string of the molecule is O=S(=O)(c1cccnc1)N1CCC2(CC1)C[C@H](NC[C@H](O)COc1cccc(S(=O)(=O)C3(CO)CC3)c1)CO2. The minimum absolute atomic E-state index is 0.0165. The summed E-state index contributed by atoms with van der Waals surface area (Å²) in [4.78, 5) is 4.21. The molecule has 1 spiro atoms. The summed E-state index contributed by atoms with van der Waals surface area (Å²) in [5.74, 6) is 0.333. The van der Waals surface area contributed by atoms with Crippen LogP contribution in [-0.2, 0) is 24.6 Å². The maximum absolute atomic E-state index is 12.9. The zero-order chi connectivity index (χ0) is 27.7. The van der Waals surface area contributed by atoms with Crippen LogP contribution in [0.2, 0.25) is 0 Å². The number of nitrogens with zero attached hydrogens (tertiary/aromatic N) is 2. The molecule has 3 N–H and O–H groups in total. The number of benzene rings is 1. The molecule has 5 rings (SSSR count). The molecular formula is C26H35N3O8S2. The van der Waals surface area contributed by atoms with E-state index < -0.39 is 37.3 Å². The highest BCUT2D eigenvalue weighted by Gasteiger charge is 2.54. The van der Waals surface area contributed by atoms with Gasteiger partial charge in [0.25, 0.3) is 0 Å². The first-order valence-electron chi connectivity index (χ1n) is 13.1. The zero-order valence-corrected chi connectivity index (χ0v) is 23.2. The van der Waals surface area contributed by atoms with E-state index in [1.165, 1.54) is 22.6 Å². The van der Waals surface area contributed by atoms with Crippen LogP contribution in [0.3, 0.4) is 0 Å². The highest BCUT2D eigenvalue weighted by Crippen LogP contribution is 2.46. The molecule has 2 atom stereocenters. The van der Waals surface area contributed by atoms with E-state index in [1.54, 1.807) is 30.5 Å². The van der Waals surface area contributed by atoms with Gasteiger partial charge in [-0.2, -0.15) is 4.31 Å². The number of piperidine rings is 1. The Kier molecular flexibility index (Phi) is 8.04. The van der Waals surface area contributed by atoms with Gasteiger partial charge in [-0.3, -0.25) is 4.98 Å². The van der Waals surface area contributed by atoms with Crippen molar-refractivity contribution in [1.82, 2.24) is 14.6 Å². The van der Waals surface area contributed by atoms with Crippen LogP contribution in [0.25, 0.3) is 0 Å². The third-order valence-corrected chi connectivity index (χ3v) is 12.4. The van der Waals surface area contributed by atoms with Crippen molar-refractivity contribution >= 4 is 19.9 Å². The third-order valence-electron chi connectivity index (χ3n) is 7.98. The topological polar surface area (TPSA) is 155 Å². The lowest BCUT2D eigenvalue weighted by Gasteiger charge is -2.38. The van der Waals surface area contributed by atoms with Crippen molar-refractivity contribution < 1.29 is 36.5 Å². The molecule has 2 saturated heterocycles. The highest BCUT2D eigenvalue weighted by molar-refractivity contribution is 7.93. The lowest BCUT2D eigenvalue weighted by atomic mass is 9.88. The van der Waals surface area contributed by atoms with Gasteiger partial charge in [-0.25, -0.2) is 16.8 Å². The number of sulfone groups is 1.